The molecule has 0 spiro atoms. The Balaban J connectivity index is 0.00000225. The largest absolute Gasteiger partial charge is 0.573 e. The first kappa shape index (κ1) is 19.8. The number of rotatable bonds is 4. The number of alkyl halides is 3. The standard InChI is InChI=1S/C16H17F3N2O2S.ClH/c17-16(18,19)23-12-1-2-14(22)13(9-12)15(11-3-8-24-10-11)21-6-4-20-5-7-21;/h1-3,8-10,15,20,22H,4-7H2;1H/t15-;/m1./s1. The molecule has 0 amide bonds. The fraction of sp³-hybridized carbons (Fsp3) is 0.375. The Hall–Kier alpha value is -1.48. The van der Waals surface area contributed by atoms with Crippen molar-refractivity contribution in [2.24, 2.45) is 0 Å². The van der Waals surface area contributed by atoms with Gasteiger partial charge in [-0.3, -0.25) is 4.90 Å². The molecule has 0 saturated carbocycles. The van der Waals surface area contributed by atoms with Crippen LogP contribution in [0.5, 0.6) is 11.5 Å². The second-order valence-corrected chi connectivity index (χ2v) is 6.29. The van der Waals surface area contributed by atoms with Crippen molar-refractivity contribution >= 4 is 23.7 Å². The second kappa shape index (κ2) is 8.27. The van der Waals surface area contributed by atoms with Crippen molar-refractivity contribution in [2.75, 3.05) is 26.2 Å². The van der Waals surface area contributed by atoms with Crippen molar-refractivity contribution in [3.8, 4) is 11.5 Å². The summed E-state index contributed by atoms with van der Waals surface area (Å²) in [5.41, 5.74) is 1.36. The normalized spacial score (nSPS) is 16.9. The number of halogens is 4. The van der Waals surface area contributed by atoms with Gasteiger partial charge in [0.1, 0.15) is 11.5 Å². The zero-order chi connectivity index (χ0) is 17.2. The van der Waals surface area contributed by atoms with Gasteiger partial charge in [-0.25, -0.2) is 0 Å². The topological polar surface area (TPSA) is 44.7 Å². The van der Waals surface area contributed by atoms with E-state index < -0.39 is 6.36 Å². The molecular formula is C16H18ClF3N2O2S. The lowest BCUT2D eigenvalue weighted by Crippen LogP contribution is -2.45. The van der Waals surface area contributed by atoms with Crippen LogP contribution >= 0.6 is 23.7 Å². The Morgan fingerprint density at radius 3 is 2.52 bits per heavy atom. The molecule has 3 rings (SSSR count). The summed E-state index contributed by atoms with van der Waals surface area (Å²) in [6, 6.07) is 5.25. The molecule has 25 heavy (non-hydrogen) atoms. The van der Waals surface area contributed by atoms with E-state index in [-0.39, 0.29) is 29.9 Å². The zero-order valence-electron chi connectivity index (χ0n) is 13.1. The maximum atomic E-state index is 12.5. The van der Waals surface area contributed by atoms with Crippen LogP contribution in [-0.4, -0.2) is 42.5 Å². The molecule has 1 aromatic heterocycles. The first-order valence-corrected chi connectivity index (χ1v) is 8.44. The maximum Gasteiger partial charge on any atom is 0.573 e. The van der Waals surface area contributed by atoms with Crippen molar-refractivity contribution in [3.05, 3.63) is 46.2 Å². The Kier molecular flexibility index (Phi) is 6.56. The smallest absolute Gasteiger partial charge is 0.508 e. The van der Waals surface area contributed by atoms with Gasteiger partial charge in [-0.15, -0.1) is 25.6 Å². The predicted molar refractivity (Wildman–Crippen MR) is 92.6 cm³/mol. The highest BCUT2D eigenvalue weighted by Crippen LogP contribution is 2.38. The van der Waals surface area contributed by atoms with Gasteiger partial charge in [0.15, 0.2) is 0 Å². The van der Waals surface area contributed by atoms with E-state index in [2.05, 4.69) is 15.0 Å². The van der Waals surface area contributed by atoms with E-state index in [0.717, 1.165) is 37.8 Å². The Morgan fingerprint density at radius 2 is 1.92 bits per heavy atom. The third-order valence-electron chi connectivity index (χ3n) is 3.90. The molecule has 0 bridgehead atoms. The summed E-state index contributed by atoms with van der Waals surface area (Å²) in [5, 5.41) is 17.4. The lowest BCUT2D eigenvalue weighted by atomic mass is 9.97. The number of nitrogens with zero attached hydrogens (tertiary/aromatic N) is 1. The van der Waals surface area contributed by atoms with Gasteiger partial charge < -0.3 is 15.2 Å². The molecule has 1 atom stereocenters. The van der Waals surface area contributed by atoms with Crippen LogP contribution in [0.3, 0.4) is 0 Å². The molecule has 4 nitrogen and oxygen atoms in total. The Bertz CT molecular complexity index is 677. The van der Waals surface area contributed by atoms with Gasteiger partial charge >= 0.3 is 6.36 Å². The van der Waals surface area contributed by atoms with E-state index in [1.165, 1.54) is 23.5 Å². The molecule has 0 radical (unpaired) electrons. The quantitative estimate of drug-likeness (QED) is 0.828. The third kappa shape index (κ3) is 5.01. The van der Waals surface area contributed by atoms with Crippen molar-refractivity contribution in [1.29, 1.82) is 0 Å². The van der Waals surface area contributed by atoms with Gasteiger partial charge in [0, 0.05) is 31.7 Å². The fourth-order valence-electron chi connectivity index (χ4n) is 2.91. The first-order valence-electron chi connectivity index (χ1n) is 7.49. The Morgan fingerprint density at radius 1 is 1.20 bits per heavy atom. The van der Waals surface area contributed by atoms with Crippen LogP contribution in [0.25, 0.3) is 0 Å². The zero-order valence-corrected chi connectivity index (χ0v) is 14.8. The number of ether oxygens (including phenoxy) is 1. The summed E-state index contributed by atoms with van der Waals surface area (Å²) >= 11 is 1.51. The summed E-state index contributed by atoms with van der Waals surface area (Å²) in [7, 11) is 0. The molecule has 2 aromatic rings. The second-order valence-electron chi connectivity index (χ2n) is 5.51. The van der Waals surface area contributed by atoms with E-state index in [9.17, 15) is 18.3 Å². The van der Waals surface area contributed by atoms with Gasteiger partial charge in [0.2, 0.25) is 0 Å². The van der Waals surface area contributed by atoms with E-state index in [1.54, 1.807) is 0 Å². The molecule has 138 valence electrons. The number of benzene rings is 1. The monoisotopic (exact) mass is 394 g/mol. The van der Waals surface area contributed by atoms with Crippen molar-refractivity contribution in [2.45, 2.75) is 12.4 Å². The van der Waals surface area contributed by atoms with Crippen LogP contribution in [0, 0.1) is 0 Å². The minimum absolute atomic E-state index is 0. The predicted octanol–water partition coefficient (Wildman–Crippen LogP) is 3.77. The molecule has 1 aliphatic rings. The van der Waals surface area contributed by atoms with Gasteiger partial charge in [-0.2, -0.15) is 11.3 Å². The number of thiophene rings is 1. The van der Waals surface area contributed by atoms with Gasteiger partial charge in [-0.1, -0.05) is 0 Å². The molecule has 1 aromatic carbocycles. The lowest BCUT2D eigenvalue weighted by molar-refractivity contribution is -0.274. The average molecular weight is 395 g/mol. The van der Waals surface area contributed by atoms with Crippen molar-refractivity contribution in [3.63, 3.8) is 0 Å². The van der Waals surface area contributed by atoms with E-state index in [0.29, 0.717) is 5.56 Å². The first-order chi connectivity index (χ1) is 11.4. The highest BCUT2D eigenvalue weighted by molar-refractivity contribution is 7.08. The summed E-state index contributed by atoms with van der Waals surface area (Å²) in [5.74, 6) is -0.370. The molecule has 1 aliphatic heterocycles. The molecule has 0 unspecified atom stereocenters. The minimum atomic E-state index is -4.76. The maximum absolute atomic E-state index is 12.5. The summed E-state index contributed by atoms with van der Waals surface area (Å²) < 4.78 is 41.5. The number of hydrogen-bond acceptors (Lipinski definition) is 5. The molecular weight excluding hydrogens is 377 g/mol. The molecule has 2 heterocycles. The highest BCUT2D eigenvalue weighted by Gasteiger charge is 2.32. The summed E-state index contributed by atoms with van der Waals surface area (Å²) in [6.45, 7) is 3.06. The summed E-state index contributed by atoms with van der Waals surface area (Å²) in [4.78, 5) is 2.14. The molecule has 0 aliphatic carbocycles. The van der Waals surface area contributed by atoms with Gasteiger partial charge in [0.05, 0.1) is 6.04 Å². The van der Waals surface area contributed by atoms with E-state index in [4.69, 9.17) is 0 Å². The number of hydrogen-bond donors (Lipinski definition) is 2. The summed E-state index contributed by atoms with van der Waals surface area (Å²) in [6.07, 6.45) is -4.76. The highest BCUT2D eigenvalue weighted by atomic mass is 35.5. The van der Waals surface area contributed by atoms with Gasteiger partial charge in [-0.05, 0) is 40.6 Å². The van der Waals surface area contributed by atoms with Crippen LogP contribution in [0.4, 0.5) is 13.2 Å². The van der Waals surface area contributed by atoms with Crippen LogP contribution in [0.2, 0.25) is 0 Å². The molecule has 1 fully saturated rings. The van der Waals surface area contributed by atoms with Crippen LogP contribution in [-0.2, 0) is 0 Å². The van der Waals surface area contributed by atoms with Gasteiger partial charge in [0.25, 0.3) is 0 Å². The Labute approximate surface area is 153 Å². The third-order valence-corrected chi connectivity index (χ3v) is 4.60. The molecule has 1 saturated heterocycles. The van der Waals surface area contributed by atoms with Crippen LogP contribution in [0.1, 0.15) is 17.2 Å². The molecule has 9 heteroatoms. The average Bonchev–Trinajstić information content (AvgIpc) is 3.04. The van der Waals surface area contributed by atoms with Crippen LogP contribution < -0.4 is 10.1 Å². The number of aromatic hydroxyl groups is 1. The molecule has 2 N–H and O–H groups in total. The number of phenolic OH excluding ortho intramolecular Hbond substituents is 1. The number of nitrogens with one attached hydrogen (secondary N) is 1. The van der Waals surface area contributed by atoms with E-state index in [1.807, 2.05) is 16.8 Å². The minimum Gasteiger partial charge on any atom is -0.508 e. The van der Waals surface area contributed by atoms with E-state index >= 15 is 0 Å². The number of phenols is 1. The SMILES string of the molecule is Cl.Oc1ccc(OC(F)(F)F)cc1[C@@H](c1ccsc1)N1CCNCC1. The van der Waals surface area contributed by atoms with Crippen LogP contribution in [0.15, 0.2) is 35.0 Å². The number of piperazine rings is 1. The van der Waals surface area contributed by atoms with Crippen molar-refractivity contribution in [1.82, 2.24) is 10.2 Å². The fourth-order valence-corrected chi connectivity index (χ4v) is 3.59. The van der Waals surface area contributed by atoms with Crippen molar-refractivity contribution < 1.29 is 23.0 Å². The lowest BCUT2D eigenvalue weighted by Gasteiger charge is -2.35.